The van der Waals surface area contributed by atoms with Crippen molar-refractivity contribution in [3.8, 4) is 0 Å². The normalized spacial score (nSPS) is 9.15. The molecule has 0 aliphatic heterocycles. The average molecular weight is 247 g/mol. The van der Waals surface area contributed by atoms with Gasteiger partial charge in [-0.1, -0.05) is 40.9 Å². The molecule has 0 aromatic heterocycles. The monoisotopic (exact) mass is 246 g/mol. The van der Waals surface area contributed by atoms with E-state index in [2.05, 4.69) is 0 Å². The van der Waals surface area contributed by atoms with E-state index >= 15 is 0 Å². The van der Waals surface area contributed by atoms with E-state index in [1.807, 2.05) is 0 Å². The van der Waals surface area contributed by atoms with Gasteiger partial charge in [0.25, 0.3) is 0 Å². The maximum absolute atomic E-state index is 10.4. The van der Waals surface area contributed by atoms with Crippen LogP contribution in [-0.2, 0) is 0 Å². The van der Waals surface area contributed by atoms with Crippen LogP contribution >= 0.6 is 34.8 Å². The van der Waals surface area contributed by atoms with Gasteiger partial charge in [0.2, 0.25) is 0 Å². The number of halogens is 3. The number of benzene rings is 1. The number of aromatic carboxylic acids is 1. The third-order valence-corrected chi connectivity index (χ3v) is 2.55. The van der Waals surface area contributed by atoms with E-state index in [1.54, 1.807) is 0 Å². The van der Waals surface area contributed by atoms with Crippen molar-refractivity contribution < 1.29 is 39.5 Å². The summed E-state index contributed by atoms with van der Waals surface area (Å²) in [5, 5.41) is 10.5. The molecule has 0 aliphatic rings. The minimum atomic E-state index is -1.38. The number of carboxylic acid groups (broad SMARTS) is 1. The van der Waals surface area contributed by atoms with Crippen molar-refractivity contribution in [2.75, 3.05) is 0 Å². The van der Waals surface area contributed by atoms with E-state index in [4.69, 9.17) is 34.8 Å². The Bertz CT molecular complexity index is 341. The third kappa shape index (κ3) is 3.01. The zero-order valence-corrected chi connectivity index (χ0v) is 10.9. The molecule has 0 radical (unpaired) electrons. The second kappa shape index (κ2) is 5.44. The molecule has 0 amide bonds. The minimum Gasteiger partial charge on any atom is -0.545 e. The van der Waals surface area contributed by atoms with E-state index in [9.17, 15) is 9.90 Å². The number of hydrogen-bond acceptors (Lipinski definition) is 2. The summed E-state index contributed by atoms with van der Waals surface area (Å²) in [6.45, 7) is 0. The molecule has 0 N–H and O–H groups in total. The number of rotatable bonds is 1. The third-order valence-electron chi connectivity index (χ3n) is 1.26. The molecule has 1 aromatic carbocycles. The van der Waals surface area contributed by atoms with Gasteiger partial charge in [0.05, 0.1) is 21.0 Å². The molecule has 1 rings (SSSR count). The molecule has 64 valence electrons. The predicted molar refractivity (Wildman–Crippen MR) is 45.8 cm³/mol. The fourth-order valence-corrected chi connectivity index (χ4v) is 1.30. The molecule has 6 heteroatoms. The van der Waals surface area contributed by atoms with Crippen LogP contribution in [0.3, 0.4) is 0 Å². The van der Waals surface area contributed by atoms with Crippen molar-refractivity contribution >= 4 is 40.8 Å². The molecule has 0 spiro atoms. The summed E-state index contributed by atoms with van der Waals surface area (Å²) < 4.78 is 0. The Kier molecular flexibility index (Phi) is 5.68. The van der Waals surface area contributed by atoms with Crippen molar-refractivity contribution in [2.24, 2.45) is 0 Å². The summed E-state index contributed by atoms with van der Waals surface area (Å²) in [6, 6.07) is 2.59. The van der Waals surface area contributed by atoms with E-state index < -0.39 is 5.97 Å². The summed E-state index contributed by atoms with van der Waals surface area (Å²) >= 11 is 16.7. The Morgan fingerprint density at radius 1 is 1.15 bits per heavy atom. The molecule has 1 aromatic rings. The first-order valence-corrected chi connectivity index (χ1v) is 4.02. The quantitative estimate of drug-likeness (QED) is 0.472. The molecule has 0 aliphatic carbocycles. The van der Waals surface area contributed by atoms with Gasteiger partial charge in [-0.3, -0.25) is 0 Å². The van der Waals surface area contributed by atoms with E-state index in [-0.39, 0.29) is 50.2 Å². The largest absolute Gasteiger partial charge is 1.00 e. The standard InChI is InChI=1S/C7H3Cl3O2.Na/c8-4-2-1-3(7(11)12)5(9)6(4)10;/h1-2H,(H,11,12);/q;+1/p-1. The Balaban J connectivity index is 0.00000144. The molecule has 0 fully saturated rings. The summed E-state index contributed by atoms with van der Waals surface area (Å²) in [5.74, 6) is -1.38. The summed E-state index contributed by atoms with van der Waals surface area (Å²) in [5.41, 5.74) is -0.161. The second-order valence-electron chi connectivity index (χ2n) is 2.01. The van der Waals surface area contributed by atoms with Crippen molar-refractivity contribution in [1.82, 2.24) is 0 Å². The second-order valence-corrected chi connectivity index (χ2v) is 3.17. The molecule has 0 heterocycles. The van der Waals surface area contributed by atoms with E-state index in [0.717, 1.165) is 0 Å². The van der Waals surface area contributed by atoms with Crippen molar-refractivity contribution in [3.05, 3.63) is 32.8 Å². The number of carbonyl (C=O) groups excluding carboxylic acids is 1. The van der Waals surface area contributed by atoms with Crippen molar-refractivity contribution in [2.45, 2.75) is 0 Å². The molecule has 0 saturated heterocycles. The summed E-state index contributed by atoms with van der Waals surface area (Å²) in [7, 11) is 0. The van der Waals surface area contributed by atoms with Crippen LogP contribution in [0.5, 0.6) is 0 Å². The van der Waals surface area contributed by atoms with Crippen LogP contribution < -0.4 is 34.7 Å². The maximum atomic E-state index is 10.4. The van der Waals surface area contributed by atoms with Gasteiger partial charge >= 0.3 is 29.6 Å². The van der Waals surface area contributed by atoms with Gasteiger partial charge in [-0.05, 0) is 6.07 Å². The molecule has 0 bridgehead atoms. The van der Waals surface area contributed by atoms with Gasteiger partial charge in [0.15, 0.2) is 0 Å². The van der Waals surface area contributed by atoms with Gasteiger partial charge in [0, 0.05) is 5.56 Å². The molecular formula is C7H2Cl3NaO2. The minimum absolute atomic E-state index is 0. The fourth-order valence-electron chi connectivity index (χ4n) is 0.684. The zero-order chi connectivity index (χ0) is 9.30. The summed E-state index contributed by atoms with van der Waals surface area (Å²) in [4.78, 5) is 10.4. The van der Waals surface area contributed by atoms with Crippen LogP contribution in [0.2, 0.25) is 15.1 Å². The van der Waals surface area contributed by atoms with Crippen molar-refractivity contribution in [3.63, 3.8) is 0 Å². The summed E-state index contributed by atoms with van der Waals surface area (Å²) in [6.07, 6.45) is 0. The molecule has 13 heavy (non-hydrogen) atoms. The first-order valence-electron chi connectivity index (χ1n) is 2.89. The first-order chi connectivity index (χ1) is 5.54. The smallest absolute Gasteiger partial charge is 0.545 e. The Hall–Kier alpha value is 0.560. The van der Waals surface area contributed by atoms with E-state index in [1.165, 1.54) is 12.1 Å². The van der Waals surface area contributed by atoms with Gasteiger partial charge < -0.3 is 9.90 Å². The van der Waals surface area contributed by atoms with Gasteiger partial charge in [0.1, 0.15) is 0 Å². The van der Waals surface area contributed by atoms with Crippen molar-refractivity contribution in [1.29, 1.82) is 0 Å². The van der Waals surface area contributed by atoms with Crippen LogP contribution in [0, 0.1) is 0 Å². The fraction of sp³-hybridized carbons (Fsp3) is 0. The molecule has 0 unspecified atom stereocenters. The number of carboxylic acids is 1. The van der Waals surface area contributed by atoms with Crippen LogP contribution in [0.1, 0.15) is 10.4 Å². The van der Waals surface area contributed by atoms with Gasteiger partial charge in [-0.25, -0.2) is 0 Å². The molecular weight excluding hydrogens is 245 g/mol. The SMILES string of the molecule is O=C([O-])c1ccc(Cl)c(Cl)c1Cl.[Na+]. The first kappa shape index (κ1) is 13.6. The predicted octanol–water partition coefficient (Wildman–Crippen LogP) is -0.986. The zero-order valence-electron chi connectivity index (χ0n) is 6.61. The van der Waals surface area contributed by atoms with Crippen LogP contribution in [0.4, 0.5) is 0 Å². The Morgan fingerprint density at radius 2 is 1.69 bits per heavy atom. The van der Waals surface area contributed by atoms with Gasteiger partial charge in [-0.2, -0.15) is 0 Å². The topological polar surface area (TPSA) is 40.1 Å². The maximum Gasteiger partial charge on any atom is 1.00 e. The van der Waals surface area contributed by atoms with Crippen LogP contribution in [0.15, 0.2) is 12.1 Å². The molecule has 0 atom stereocenters. The van der Waals surface area contributed by atoms with Crippen LogP contribution in [0.25, 0.3) is 0 Å². The number of carbonyl (C=O) groups is 1. The Morgan fingerprint density at radius 3 is 2.15 bits per heavy atom. The Labute approximate surface area is 112 Å². The van der Waals surface area contributed by atoms with Crippen LogP contribution in [-0.4, -0.2) is 5.97 Å². The molecule has 2 nitrogen and oxygen atoms in total. The number of hydrogen-bond donors (Lipinski definition) is 0. The van der Waals surface area contributed by atoms with E-state index in [0.29, 0.717) is 0 Å². The van der Waals surface area contributed by atoms with Gasteiger partial charge in [-0.15, -0.1) is 0 Å². The molecule has 0 saturated carbocycles. The average Bonchev–Trinajstić information content (AvgIpc) is 2.00.